The van der Waals surface area contributed by atoms with Crippen LogP contribution in [0.4, 0.5) is 5.69 Å². The second-order valence-electron chi connectivity index (χ2n) is 1.37. The maximum absolute atomic E-state index is 7.00. The molecule has 0 saturated heterocycles. The van der Waals surface area contributed by atoms with Gasteiger partial charge in [-0.15, -0.1) is 5.69 Å². The fraction of sp³-hybridized carbons (Fsp3) is 0. The van der Waals surface area contributed by atoms with E-state index in [9.17, 15) is 0 Å². The van der Waals surface area contributed by atoms with Gasteiger partial charge >= 0.3 is 0 Å². The summed E-state index contributed by atoms with van der Waals surface area (Å²) in [6, 6.07) is 9.10. The van der Waals surface area contributed by atoms with E-state index in [4.69, 9.17) is 5.73 Å². The summed E-state index contributed by atoms with van der Waals surface area (Å²) in [7, 11) is 0. The summed E-state index contributed by atoms with van der Waals surface area (Å²) >= 11 is 0. The smallest absolute Gasteiger partial charge is 0 e. The first-order valence-corrected chi connectivity index (χ1v) is 2.16. The van der Waals surface area contributed by atoms with Crippen molar-refractivity contribution in [1.82, 2.24) is 0 Å². The molecule has 0 saturated carbocycles. The molecule has 0 aromatic heterocycles. The second-order valence-corrected chi connectivity index (χ2v) is 1.37. The summed E-state index contributed by atoms with van der Waals surface area (Å²) in [5, 5.41) is 0. The van der Waals surface area contributed by atoms with Crippen molar-refractivity contribution in [3.8, 4) is 0 Å². The summed E-state index contributed by atoms with van der Waals surface area (Å²) in [6.07, 6.45) is 0. The molecule has 0 radical (unpaired) electrons. The predicted octanol–water partition coefficient (Wildman–Crippen LogP) is 2.37. The average Bonchev–Trinajstić information content (AvgIpc) is 1.69. The van der Waals surface area contributed by atoms with Crippen LogP contribution in [0.25, 0.3) is 5.73 Å². The van der Waals surface area contributed by atoms with Crippen LogP contribution in [0.1, 0.15) is 0 Å². The van der Waals surface area contributed by atoms with Gasteiger partial charge in [-0.2, -0.15) is 0 Å². The van der Waals surface area contributed by atoms with Crippen LogP contribution >= 0.6 is 0 Å². The van der Waals surface area contributed by atoms with Crippen molar-refractivity contribution in [2.45, 2.75) is 0 Å². The van der Waals surface area contributed by atoms with Crippen molar-refractivity contribution in [3.63, 3.8) is 0 Å². The van der Waals surface area contributed by atoms with E-state index in [1.807, 2.05) is 18.2 Å². The van der Waals surface area contributed by atoms with Crippen molar-refractivity contribution in [2.75, 3.05) is 0 Å². The molecule has 0 unspecified atom stereocenters. The van der Waals surface area contributed by atoms with Crippen molar-refractivity contribution in [1.29, 1.82) is 0 Å². The molecule has 8 heavy (non-hydrogen) atoms. The molecule has 2 heteroatoms. The first-order chi connectivity index (χ1) is 3.39. The first kappa shape index (κ1) is 7.94. The number of hydrogen-bond donors (Lipinski definition) is 0. The van der Waals surface area contributed by atoms with E-state index in [1.165, 1.54) is 0 Å². The maximum Gasteiger partial charge on any atom is 0 e. The van der Waals surface area contributed by atoms with E-state index in [0.29, 0.717) is 5.69 Å². The zero-order valence-corrected chi connectivity index (χ0v) is 8.63. The van der Waals surface area contributed by atoms with E-state index >= 15 is 0 Å². The third-order valence-electron chi connectivity index (χ3n) is 0.774. The summed E-state index contributed by atoms with van der Waals surface area (Å²) in [5.41, 5.74) is 7.57. The van der Waals surface area contributed by atoms with Gasteiger partial charge in [-0.05, 0) is 0 Å². The molecule has 0 aliphatic carbocycles. The molecule has 1 aromatic rings. The van der Waals surface area contributed by atoms with E-state index in [1.54, 1.807) is 12.1 Å². The fourth-order valence-corrected chi connectivity index (χ4v) is 0.438. The third-order valence-corrected chi connectivity index (χ3v) is 0.774. The molecule has 0 aliphatic rings. The van der Waals surface area contributed by atoms with Gasteiger partial charge < -0.3 is 5.73 Å². The predicted molar refractivity (Wildman–Crippen MR) is 30.4 cm³/mol. The van der Waals surface area contributed by atoms with E-state index in [0.717, 1.165) is 0 Å². The van der Waals surface area contributed by atoms with Crippen LogP contribution in [-0.2, 0) is 27.3 Å². The Hall–Kier alpha value is -0.0579. The van der Waals surface area contributed by atoms with Gasteiger partial charge in [0, 0.05) is 27.3 Å². The van der Waals surface area contributed by atoms with Crippen LogP contribution in [0.15, 0.2) is 30.3 Å². The van der Waals surface area contributed by atoms with Gasteiger partial charge in [-0.25, -0.2) is 0 Å². The molecule has 0 spiro atoms. The van der Waals surface area contributed by atoms with Crippen LogP contribution in [0.2, 0.25) is 0 Å². The van der Waals surface area contributed by atoms with Gasteiger partial charge in [0.1, 0.15) is 0 Å². The molecule has 0 fully saturated rings. The number of benzene rings is 1. The maximum atomic E-state index is 7.00. The summed E-state index contributed by atoms with van der Waals surface area (Å²) in [5.74, 6) is 0. The Morgan fingerprint density at radius 2 is 1.50 bits per heavy atom. The van der Waals surface area contributed by atoms with Crippen LogP contribution in [0.5, 0.6) is 0 Å². The Kier molecular flexibility index (Phi) is 3.86. The van der Waals surface area contributed by atoms with Crippen LogP contribution in [-0.4, -0.2) is 0 Å². The Morgan fingerprint density at radius 1 is 1.00 bits per heavy atom. The second kappa shape index (κ2) is 3.89. The molecule has 0 heterocycles. The quantitative estimate of drug-likeness (QED) is 0.580. The standard InChI is InChI=1S/C6H6N.Cd/c7-6-4-2-1-3-5-6;/h1-5,7H;/q-1;. The van der Waals surface area contributed by atoms with Crippen molar-refractivity contribution in [2.24, 2.45) is 0 Å². The zero-order valence-electron chi connectivity index (χ0n) is 4.59. The van der Waals surface area contributed by atoms with Crippen molar-refractivity contribution >= 4 is 5.69 Å². The van der Waals surface area contributed by atoms with Gasteiger partial charge in [0.05, 0.1) is 0 Å². The van der Waals surface area contributed by atoms with Crippen LogP contribution in [0.3, 0.4) is 0 Å². The normalized spacial score (nSPS) is 7.50. The van der Waals surface area contributed by atoms with E-state index < -0.39 is 0 Å². The third kappa shape index (κ3) is 2.30. The zero-order chi connectivity index (χ0) is 5.11. The van der Waals surface area contributed by atoms with Gasteiger partial charge in [0.25, 0.3) is 0 Å². The molecule has 1 nitrogen and oxygen atoms in total. The summed E-state index contributed by atoms with van der Waals surface area (Å²) in [4.78, 5) is 0. The summed E-state index contributed by atoms with van der Waals surface area (Å²) in [6.45, 7) is 0. The number of rotatable bonds is 0. The fourth-order valence-electron chi connectivity index (χ4n) is 0.438. The first-order valence-electron chi connectivity index (χ1n) is 2.16. The average molecular weight is 205 g/mol. The molecule has 1 rings (SSSR count). The van der Waals surface area contributed by atoms with Crippen LogP contribution in [0, 0.1) is 0 Å². The molecule has 1 aromatic carbocycles. The number of nitrogens with one attached hydrogen (secondary N) is 1. The van der Waals surface area contributed by atoms with Gasteiger partial charge in [-0.3, -0.25) is 0 Å². The molecule has 0 amide bonds. The van der Waals surface area contributed by atoms with Gasteiger partial charge in [0.2, 0.25) is 0 Å². The monoisotopic (exact) mass is 206 g/mol. The largest absolute Gasteiger partial charge is 0.699 e. The SMILES string of the molecule is [Cd].[NH-]c1ccccc1. The molecular formula is C6H6CdN-. The van der Waals surface area contributed by atoms with Crippen molar-refractivity contribution in [3.05, 3.63) is 36.1 Å². The topological polar surface area (TPSA) is 23.8 Å². The molecule has 0 atom stereocenters. The van der Waals surface area contributed by atoms with E-state index in [-0.39, 0.29) is 27.3 Å². The minimum Gasteiger partial charge on any atom is -0.699 e. The Bertz CT molecular complexity index is 138. The van der Waals surface area contributed by atoms with Crippen LogP contribution < -0.4 is 0 Å². The Balaban J connectivity index is 0.000000490. The molecule has 38 valence electrons. The van der Waals surface area contributed by atoms with Gasteiger partial charge in [-0.1, -0.05) is 30.3 Å². The van der Waals surface area contributed by atoms with E-state index in [2.05, 4.69) is 0 Å². The molecule has 1 N–H and O–H groups in total. The molecule has 0 bridgehead atoms. The van der Waals surface area contributed by atoms with Gasteiger partial charge in [0.15, 0.2) is 0 Å². The van der Waals surface area contributed by atoms with Crippen molar-refractivity contribution < 1.29 is 27.3 Å². The minimum atomic E-state index is 0. The molecular weight excluding hydrogens is 198 g/mol. The summed E-state index contributed by atoms with van der Waals surface area (Å²) < 4.78 is 0. The Labute approximate surface area is 69.1 Å². The molecule has 0 aliphatic heterocycles. The minimum absolute atomic E-state index is 0. The Morgan fingerprint density at radius 3 is 1.75 bits per heavy atom. The number of hydrogen-bond acceptors (Lipinski definition) is 0.